The van der Waals surface area contributed by atoms with E-state index in [0.717, 1.165) is 19.0 Å². The smallest absolute Gasteiger partial charge is 0.0483 e. The van der Waals surface area contributed by atoms with Crippen LogP contribution in [0.15, 0.2) is 24.3 Å². The maximum atomic E-state index is 3.57. The highest BCUT2D eigenvalue weighted by Gasteiger charge is 2.10. The van der Waals surface area contributed by atoms with Gasteiger partial charge < -0.3 is 9.88 Å². The fraction of sp³-hybridized carbons (Fsp3) is 0.500. The van der Waals surface area contributed by atoms with Gasteiger partial charge in [-0.2, -0.15) is 0 Å². The van der Waals surface area contributed by atoms with Gasteiger partial charge in [0, 0.05) is 30.2 Å². The molecule has 2 nitrogen and oxygen atoms in total. The predicted octanol–water partition coefficient (Wildman–Crippen LogP) is 3.62. The molecule has 0 radical (unpaired) electrons. The maximum absolute atomic E-state index is 3.57. The van der Waals surface area contributed by atoms with Gasteiger partial charge in [-0.3, -0.25) is 0 Å². The first-order valence-corrected chi connectivity index (χ1v) is 6.88. The largest absolute Gasteiger partial charge is 0.346 e. The van der Waals surface area contributed by atoms with E-state index in [1.165, 1.54) is 28.6 Å². The van der Waals surface area contributed by atoms with Gasteiger partial charge in [0.05, 0.1) is 0 Å². The Balaban J connectivity index is 2.18. The minimum absolute atomic E-state index is 0.750. The van der Waals surface area contributed by atoms with Crippen molar-refractivity contribution in [1.82, 2.24) is 9.88 Å². The van der Waals surface area contributed by atoms with E-state index in [-0.39, 0.29) is 0 Å². The van der Waals surface area contributed by atoms with Gasteiger partial charge in [0.1, 0.15) is 0 Å². The zero-order valence-electron chi connectivity index (χ0n) is 12.0. The van der Waals surface area contributed by atoms with E-state index < -0.39 is 0 Å². The van der Waals surface area contributed by atoms with Crippen LogP contribution in [0.2, 0.25) is 0 Å². The Labute approximate surface area is 110 Å². The van der Waals surface area contributed by atoms with Gasteiger partial charge in [0.2, 0.25) is 0 Å². The predicted molar refractivity (Wildman–Crippen MR) is 78.8 cm³/mol. The highest BCUT2D eigenvalue weighted by molar-refractivity contribution is 5.85. The van der Waals surface area contributed by atoms with Crippen LogP contribution in [-0.4, -0.2) is 11.1 Å². The van der Waals surface area contributed by atoms with E-state index in [1.54, 1.807) is 0 Å². The lowest BCUT2D eigenvalue weighted by Gasteiger charge is -2.11. The average Bonchev–Trinajstić information content (AvgIpc) is 2.64. The van der Waals surface area contributed by atoms with Crippen molar-refractivity contribution >= 4 is 10.9 Å². The fourth-order valence-electron chi connectivity index (χ4n) is 2.47. The Morgan fingerprint density at radius 2 is 2.00 bits per heavy atom. The van der Waals surface area contributed by atoms with Crippen molar-refractivity contribution in [2.75, 3.05) is 6.54 Å². The van der Waals surface area contributed by atoms with Crippen LogP contribution in [0, 0.1) is 12.8 Å². The standard InChI is InChI=1S/C16H24N2/c1-5-12(2)10-17-11-16-13(3)14-8-6-7-9-15(14)18(16)4/h6-9,12,17H,5,10-11H2,1-4H3. The summed E-state index contributed by atoms with van der Waals surface area (Å²) < 4.78 is 2.31. The molecule has 2 rings (SSSR count). The molecule has 0 saturated heterocycles. The normalized spacial score (nSPS) is 13.1. The third-order valence-corrected chi connectivity index (χ3v) is 3.99. The summed E-state index contributed by atoms with van der Waals surface area (Å²) in [5.74, 6) is 0.750. The van der Waals surface area contributed by atoms with Gasteiger partial charge in [-0.15, -0.1) is 0 Å². The van der Waals surface area contributed by atoms with Crippen LogP contribution in [0.5, 0.6) is 0 Å². The Morgan fingerprint density at radius 3 is 2.67 bits per heavy atom. The zero-order chi connectivity index (χ0) is 13.1. The molecule has 0 bridgehead atoms. The van der Waals surface area contributed by atoms with E-state index >= 15 is 0 Å². The van der Waals surface area contributed by atoms with Crippen LogP contribution in [0.25, 0.3) is 10.9 Å². The summed E-state index contributed by atoms with van der Waals surface area (Å²) in [5.41, 5.74) is 4.14. The molecule has 0 spiro atoms. The summed E-state index contributed by atoms with van der Waals surface area (Å²) in [5, 5.41) is 4.95. The Hall–Kier alpha value is -1.28. The molecular formula is C16H24N2. The van der Waals surface area contributed by atoms with E-state index in [4.69, 9.17) is 0 Å². The first-order chi connectivity index (χ1) is 8.65. The van der Waals surface area contributed by atoms with Gasteiger partial charge in [-0.25, -0.2) is 0 Å². The van der Waals surface area contributed by atoms with Crippen molar-refractivity contribution in [2.45, 2.75) is 33.7 Å². The molecular weight excluding hydrogens is 220 g/mol. The third kappa shape index (κ3) is 2.44. The Morgan fingerprint density at radius 1 is 1.28 bits per heavy atom. The highest BCUT2D eigenvalue weighted by Crippen LogP contribution is 2.24. The summed E-state index contributed by atoms with van der Waals surface area (Å²) in [7, 11) is 2.16. The van der Waals surface area contributed by atoms with Crippen LogP contribution in [0.3, 0.4) is 0 Å². The number of benzene rings is 1. The summed E-state index contributed by atoms with van der Waals surface area (Å²) in [4.78, 5) is 0. The third-order valence-electron chi connectivity index (χ3n) is 3.99. The molecule has 98 valence electrons. The van der Waals surface area contributed by atoms with Crippen LogP contribution in [0.4, 0.5) is 0 Å². The fourth-order valence-corrected chi connectivity index (χ4v) is 2.47. The first kappa shape index (κ1) is 13.2. The number of para-hydroxylation sites is 1. The van der Waals surface area contributed by atoms with Gasteiger partial charge in [0.15, 0.2) is 0 Å². The van der Waals surface area contributed by atoms with Crippen molar-refractivity contribution < 1.29 is 0 Å². The van der Waals surface area contributed by atoms with Gasteiger partial charge in [-0.1, -0.05) is 38.5 Å². The molecule has 0 aliphatic heterocycles. The number of rotatable bonds is 5. The maximum Gasteiger partial charge on any atom is 0.0483 e. The van der Waals surface area contributed by atoms with Crippen molar-refractivity contribution in [1.29, 1.82) is 0 Å². The number of hydrogen-bond donors (Lipinski definition) is 1. The van der Waals surface area contributed by atoms with Crippen LogP contribution in [-0.2, 0) is 13.6 Å². The number of nitrogens with one attached hydrogen (secondary N) is 1. The van der Waals surface area contributed by atoms with E-state index in [2.05, 4.69) is 62.0 Å². The molecule has 1 aromatic carbocycles. The quantitative estimate of drug-likeness (QED) is 0.850. The molecule has 18 heavy (non-hydrogen) atoms. The number of hydrogen-bond acceptors (Lipinski definition) is 1. The lowest BCUT2D eigenvalue weighted by molar-refractivity contribution is 0.494. The van der Waals surface area contributed by atoms with Crippen LogP contribution in [0.1, 0.15) is 31.5 Å². The molecule has 0 saturated carbocycles. The molecule has 1 heterocycles. The summed E-state index contributed by atoms with van der Waals surface area (Å²) in [6.07, 6.45) is 1.24. The SMILES string of the molecule is CCC(C)CNCc1c(C)c2ccccc2n1C. The monoisotopic (exact) mass is 244 g/mol. The molecule has 2 aromatic rings. The van der Waals surface area contributed by atoms with Gasteiger partial charge in [-0.05, 0) is 31.0 Å². The summed E-state index contributed by atoms with van der Waals surface area (Å²) in [6, 6.07) is 8.63. The molecule has 1 aromatic heterocycles. The molecule has 1 unspecified atom stereocenters. The first-order valence-electron chi connectivity index (χ1n) is 6.88. The van der Waals surface area contributed by atoms with Crippen molar-refractivity contribution in [3.63, 3.8) is 0 Å². The Bertz CT molecular complexity index is 486. The number of aryl methyl sites for hydroxylation is 2. The molecule has 0 fully saturated rings. The van der Waals surface area contributed by atoms with E-state index in [0.29, 0.717) is 0 Å². The molecule has 0 aliphatic rings. The number of fused-ring (bicyclic) bond motifs is 1. The van der Waals surface area contributed by atoms with Crippen molar-refractivity contribution in [3.8, 4) is 0 Å². The highest BCUT2D eigenvalue weighted by atomic mass is 15.0. The number of nitrogens with zero attached hydrogens (tertiary/aromatic N) is 1. The van der Waals surface area contributed by atoms with E-state index in [1.807, 2.05) is 0 Å². The second-order valence-electron chi connectivity index (χ2n) is 5.29. The summed E-state index contributed by atoms with van der Waals surface area (Å²) >= 11 is 0. The van der Waals surface area contributed by atoms with Crippen molar-refractivity contribution in [3.05, 3.63) is 35.5 Å². The molecule has 1 N–H and O–H groups in total. The Kier molecular flexibility index (Phi) is 4.07. The lowest BCUT2D eigenvalue weighted by atomic mass is 10.1. The molecule has 2 heteroatoms. The second kappa shape index (κ2) is 5.57. The zero-order valence-corrected chi connectivity index (χ0v) is 12.0. The lowest BCUT2D eigenvalue weighted by Crippen LogP contribution is -2.21. The molecule has 0 amide bonds. The van der Waals surface area contributed by atoms with Gasteiger partial charge >= 0.3 is 0 Å². The minimum Gasteiger partial charge on any atom is -0.346 e. The minimum atomic E-state index is 0.750. The van der Waals surface area contributed by atoms with E-state index in [9.17, 15) is 0 Å². The number of aromatic nitrogens is 1. The molecule has 1 atom stereocenters. The second-order valence-corrected chi connectivity index (χ2v) is 5.29. The van der Waals surface area contributed by atoms with Crippen LogP contribution < -0.4 is 5.32 Å². The topological polar surface area (TPSA) is 17.0 Å². The van der Waals surface area contributed by atoms with Crippen molar-refractivity contribution in [2.24, 2.45) is 13.0 Å². The van der Waals surface area contributed by atoms with Crippen LogP contribution >= 0.6 is 0 Å². The summed E-state index contributed by atoms with van der Waals surface area (Å²) in [6.45, 7) is 8.82. The average molecular weight is 244 g/mol. The van der Waals surface area contributed by atoms with Gasteiger partial charge in [0.25, 0.3) is 0 Å². The molecule has 0 aliphatic carbocycles.